The largest absolute Gasteiger partial charge is 0.367 e. The number of nitrogens with zero attached hydrogens (tertiary/aromatic N) is 7. The maximum absolute atomic E-state index is 8.93. The van der Waals surface area contributed by atoms with E-state index in [0.717, 1.165) is 54.5 Å². The van der Waals surface area contributed by atoms with E-state index in [9.17, 15) is 0 Å². The van der Waals surface area contributed by atoms with E-state index in [0.29, 0.717) is 17.6 Å². The third-order valence-corrected chi connectivity index (χ3v) is 5.39. The molecule has 0 bridgehead atoms. The van der Waals surface area contributed by atoms with Crippen LogP contribution in [0.15, 0.2) is 30.7 Å². The van der Waals surface area contributed by atoms with Crippen molar-refractivity contribution in [1.29, 1.82) is 5.26 Å². The Morgan fingerprint density at radius 1 is 1.13 bits per heavy atom. The van der Waals surface area contributed by atoms with Crippen LogP contribution in [0.3, 0.4) is 0 Å². The van der Waals surface area contributed by atoms with E-state index < -0.39 is 0 Å². The fourth-order valence-electron chi connectivity index (χ4n) is 3.53. The molecule has 9 nitrogen and oxygen atoms in total. The lowest BCUT2D eigenvalue weighted by Crippen LogP contribution is -2.39. The molecule has 0 radical (unpaired) electrons. The van der Waals surface area contributed by atoms with Crippen molar-refractivity contribution in [2.75, 3.05) is 28.6 Å². The summed E-state index contributed by atoms with van der Waals surface area (Å²) in [5.74, 6) is 2.35. The predicted octanol–water partition coefficient (Wildman–Crippen LogP) is 2.92. The van der Waals surface area contributed by atoms with Crippen LogP contribution in [0, 0.1) is 25.2 Å². The number of aromatic nitrogens is 5. The number of hydrogen-bond donors (Lipinski definition) is 2. The summed E-state index contributed by atoms with van der Waals surface area (Å²) < 4.78 is 1.74. The molecule has 0 saturated carbocycles. The predicted molar refractivity (Wildman–Crippen MR) is 116 cm³/mol. The molecule has 0 atom stereocenters. The lowest BCUT2D eigenvalue weighted by atomic mass is 10.0. The first-order chi connectivity index (χ1) is 14.5. The zero-order valence-electron chi connectivity index (χ0n) is 17.4. The third kappa shape index (κ3) is 4.33. The van der Waals surface area contributed by atoms with Crippen molar-refractivity contribution < 1.29 is 0 Å². The highest BCUT2D eigenvalue weighted by atomic mass is 15.3. The number of hydrogen-bond acceptors (Lipinski definition) is 8. The average Bonchev–Trinajstić information content (AvgIpc) is 3.17. The van der Waals surface area contributed by atoms with Crippen molar-refractivity contribution in [3.8, 4) is 6.07 Å². The summed E-state index contributed by atoms with van der Waals surface area (Å²) in [6.07, 6.45) is 7.23. The number of nitrogens with one attached hydrogen (secondary N) is 2. The van der Waals surface area contributed by atoms with E-state index in [1.54, 1.807) is 17.1 Å². The van der Waals surface area contributed by atoms with Gasteiger partial charge in [-0.2, -0.15) is 15.3 Å². The Morgan fingerprint density at radius 2 is 1.93 bits per heavy atom. The molecule has 9 heteroatoms. The van der Waals surface area contributed by atoms with Gasteiger partial charge in [-0.05, 0) is 38.8 Å². The second kappa shape index (κ2) is 8.37. The molecule has 0 aliphatic carbocycles. The molecule has 1 saturated heterocycles. The molecule has 30 heavy (non-hydrogen) atoms. The summed E-state index contributed by atoms with van der Waals surface area (Å²) in [5.41, 5.74) is 3.44. The van der Waals surface area contributed by atoms with Gasteiger partial charge in [-0.15, -0.1) is 0 Å². The van der Waals surface area contributed by atoms with Crippen LogP contribution in [0.25, 0.3) is 0 Å². The normalized spacial score (nSPS) is 14.4. The third-order valence-electron chi connectivity index (χ3n) is 5.39. The van der Waals surface area contributed by atoms with Crippen molar-refractivity contribution >= 4 is 23.3 Å². The second-order valence-electron chi connectivity index (χ2n) is 7.56. The van der Waals surface area contributed by atoms with Crippen LogP contribution in [-0.2, 0) is 7.05 Å². The van der Waals surface area contributed by atoms with E-state index in [4.69, 9.17) is 10.2 Å². The quantitative estimate of drug-likeness (QED) is 0.669. The fraction of sp³-hybridized carbons (Fsp3) is 0.381. The van der Waals surface area contributed by atoms with Crippen LogP contribution in [0.4, 0.5) is 23.3 Å². The summed E-state index contributed by atoms with van der Waals surface area (Å²) in [6, 6.07) is 6.17. The van der Waals surface area contributed by atoms with Crippen molar-refractivity contribution in [3.63, 3.8) is 0 Å². The molecule has 4 heterocycles. The molecule has 0 amide bonds. The smallest absolute Gasteiger partial charge is 0.229 e. The summed E-state index contributed by atoms with van der Waals surface area (Å²) in [7, 11) is 1.87. The van der Waals surface area contributed by atoms with E-state index in [1.807, 2.05) is 39.2 Å². The van der Waals surface area contributed by atoms with Gasteiger partial charge in [0.15, 0.2) is 0 Å². The Balaban J connectivity index is 1.41. The molecule has 0 unspecified atom stereocenters. The number of piperidine rings is 1. The molecule has 2 N–H and O–H groups in total. The first-order valence-electron chi connectivity index (χ1n) is 10.0. The van der Waals surface area contributed by atoms with Gasteiger partial charge < -0.3 is 15.5 Å². The minimum absolute atomic E-state index is 0.332. The first-order valence-corrected chi connectivity index (χ1v) is 10.0. The second-order valence-corrected chi connectivity index (χ2v) is 7.56. The Kier molecular flexibility index (Phi) is 5.48. The maximum Gasteiger partial charge on any atom is 0.229 e. The van der Waals surface area contributed by atoms with Gasteiger partial charge >= 0.3 is 0 Å². The highest BCUT2D eigenvalue weighted by Crippen LogP contribution is 2.24. The lowest BCUT2D eigenvalue weighted by molar-refractivity contribution is 0.522. The van der Waals surface area contributed by atoms with E-state index in [-0.39, 0.29) is 0 Å². The zero-order valence-corrected chi connectivity index (χ0v) is 17.4. The first kappa shape index (κ1) is 19.6. The molecule has 0 aromatic carbocycles. The van der Waals surface area contributed by atoms with E-state index in [1.165, 1.54) is 0 Å². The summed E-state index contributed by atoms with van der Waals surface area (Å²) >= 11 is 0. The molecule has 154 valence electrons. The number of rotatable bonds is 5. The van der Waals surface area contributed by atoms with Gasteiger partial charge in [0.2, 0.25) is 5.95 Å². The Hall–Kier alpha value is -3.67. The van der Waals surface area contributed by atoms with Gasteiger partial charge in [-0.3, -0.25) is 4.68 Å². The molecule has 3 aromatic rings. The van der Waals surface area contributed by atoms with Crippen molar-refractivity contribution in [3.05, 3.63) is 47.5 Å². The Labute approximate surface area is 175 Å². The SMILES string of the molecule is Cc1nc(Nc2cnn(C)c2)nc(NC2CCN(c3ccc(C#N)cn3)CC2)c1C. The molecular formula is C21H25N9. The van der Waals surface area contributed by atoms with Gasteiger partial charge in [0.05, 0.1) is 17.4 Å². The maximum atomic E-state index is 8.93. The molecule has 1 fully saturated rings. The standard InChI is InChI=1S/C21H25N9/c1-14-15(2)25-21(27-18-12-24-29(3)13-18)28-20(14)26-17-6-8-30(9-7-17)19-5-4-16(10-22)11-23-19/h4-5,11-13,17H,6-9H2,1-3H3,(H2,25,26,27,28). The minimum Gasteiger partial charge on any atom is -0.367 e. The summed E-state index contributed by atoms with van der Waals surface area (Å²) in [4.78, 5) is 15.9. The van der Waals surface area contributed by atoms with Gasteiger partial charge in [-0.25, -0.2) is 9.97 Å². The highest BCUT2D eigenvalue weighted by molar-refractivity contribution is 5.56. The molecule has 3 aromatic heterocycles. The van der Waals surface area contributed by atoms with Gasteiger partial charge in [0.25, 0.3) is 0 Å². The van der Waals surface area contributed by atoms with Crippen LogP contribution in [0.1, 0.15) is 29.7 Å². The lowest BCUT2D eigenvalue weighted by Gasteiger charge is -2.33. The van der Waals surface area contributed by atoms with E-state index in [2.05, 4.69) is 36.7 Å². The van der Waals surface area contributed by atoms with E-state index >= 15 is 0 Å². The highest BCUT2D eigenvalue weighted by Gasteiger charge is 2.21. The summed E-state index contributed by atoms with van der Waals surface area (Å²) in [6.45, 7) is 5.85. The van der Waals surface area contributed by atoms with Gasteiger partial charge in [0.1, 0.15) is 17.7 Å². The molecule has 0 spiro atoms. The van der Waals surface area contributed by atoms with Crippen LogP contribution < -0.4 is 15.5 Å². The fourth-order valence-corrected chi connectivity index (χ4v) is 3.53. The number of nitriles is 1. The molecular weight excluding hydrogens is 378 g/mol. The molecule has 1 aliphatic heterocycles. The summed E-state index contributed by atoms with van der Waals surface area (Å²) in [5, 5.41) is 19.9. The topological polar surface area (TPSA) is 108 Å². The monoisotopic (exact) mass is 403 g/mol. The average molecular weight is 403 g/mol. The van der Waals surface area contributed by atoms with Crippen LogP contribution >= 0.6 is 0 Å². The van der Waals surface area contributed by atoms with Crippen molar-refractivity contribution in [2.24, 2.45) is 7.05 Å². The van der Waals surface area contributed by atoms with Gasteiger partial charge in [-0.1, -0.05) is 0 Å². The Morgan fingerprint density at radius 3 is 2.57 bits per heavy atom. The van der Waals surface area contributed by atoms with Crippen molar-refractivity contribution in [2.45, 2.75) is 32.7 Å². The van der Waals surface area contributed by atoms with Crippen LogP contribution in [-0.4, -0.2) is 43.9 Å². The Bertz CT molecular complexity index is 1060. The van der Waals surface area contributed by atoms with Crippen LogP contribution in [0.5, 0.6) is 0 Å². The molecule has 4 rings (SSSR count). The zero-order chi connectivity index (χ0) is 21.1. The van der Waals surface area contributed by atoms with Crippen LogP contribution in [0.2, 0.25) is 0 Å². The minimum atomic E-state index is 0.332. The van der Waals surface area contributed by atoms with Gasteiger partial charge in [0, 0.05) is 49.8 Å². The number of anilines is 4. The number of aryl methyl sites for hydroxylation is 2. The molecule has 1 aliphatic rings. The van der Waals surface area contributed by atoms with Crippen molar-refractivity contribution in [1.82, 2.24) is 24.7 Å². The number of pyridine rings is 1.